The van der Waals surface area contributed by atoms with Crippen molar-refractivity contribution < 1.29 is 9.53 Å². The molecular weight excluding hydrogens is 290 g/mol. The molecule has 5 nitrogen and oxygen atoms in total. The smallest absolute Gasteiger partial charge is 0.254 e. The van der Waals surface area contributed by atoms with Gasteiger partial charge in [0.1, 0.15) is 5.60 Å². The summed E-state index contributed by atoms with van der Waals surface area (Å²) in [5.74, 6) is 0.103. The largest absolute Gasteiger partial charge is 0.361 e. The summed E-state index contributed by atoms with van der Waals surface area (Å²) in [4.78, 5) is 21.1. The van der Waals surface area contributed by atoms with Gasteiger partial charge in [-0.3, -0.25) is 9.78 Å². The van der Waals surface area contributed by atoms with Crippen molar-refractivity contribution in [3.05, 3.63) is 30.1 Å². The monoisotopic (exact) mass is 317 g/mol. The molecule has 5 heteroatoms. The third-order valence-corrected chi connectivity index (χ3v) is 5.22. The molecule has 2 aliphatic rings. The summed E-state index contributed by atoms with van der Waals surface area (Å²) in [6.45, 7) is 8.21. The van der Waals surface area contributed by atoms with E-state index in [-0.39, 0.29) is 5.91 Å². The van der Waals surface area contributed by atoms with Crippen molar-refractivity contribution in [3.8, 4) is 0 Å². The minimum atomic E-state index is -0.789. The van der Waals surface area contributed by atoms with Crippen LogP contribution in [0.2, 0.25) is 0 Å². The van der Waals surface area contributed by atoms with Gasteiger partial charge in [0.25, 0.3) is 5.91 Å². The number of piperidine rings is 1. The van der Waals surface area contributed by atoms with Gasteiger partial charge in [-0.25, -0.2) is 0 Å². The number of hydrogen-bond donors (Lipinski definition) is 0. The van der Waals surface area contributed by atoms with Crippen LogP contribution in [0, 0.1) is 5.41 Å². The van der Waals surface area contributed by atoms with Crippen LogP contribution < -0.4 is 0 Å². The molecule has 0 unspecified atom stereocenters. The van der Waals surface area contributed by atoms with Crippen molar-refractivity contribution in [1.29, 1.82) is 0 Å². The van der Waals surface area contributed by atoms with Crippen LogP contribution in [0.1, 0.15) is 32.3 Å². The minimum Gasteiger partial charge on any atom is -0.361 e. The first-order valence-corrected chi connectivity index (χ1v) is 8.41. The lowest BCUT2D eigenvalue weighted by Gasteiger charge is -2.54. The molecule has 0 aromatic carbocycles. The maximum absolute atomic E-state index is 12.7. The highest BCUT2D eigenvalue weighted by Gasteiger charge is 2.49. The number of likely N-dealkylation sites (tertiary alicyclic amines) is 2. The Morgan fingerprint density at radius 3 is 2.65 bits per heavy atom. The Bertz CT molecular complexity index is 543. The maximum Gasteiger partial charge on any atom is 0.254 e. The van der Waals surface area contributed by atoms with Gasteiger partial charge in [0, 0.05) is 30.9 Å². The number of aromatic nitrogens is 1. The number of carbonyl (C=O) groups is 1. The van der Waals surface area contributed by atoms with Crippen LogP contribution in [-0.2, 0) is 16.1 Å². The molecule has 0 bridgehead atoms. The Kier molecular flexibility index (Phi) is 4.43. The van der Waals surface area contributed by atoms with Crippen molar-refractivity contribution in [2.45, 2.75) is 38.9 Å². The summed E-state index contributed by atoms with van der Waals surface area (Å²) >= 11 is 0. The molecule has 2 fully saturated rings. The molecule has 1 aromatic rings. The van der Waals surface area contributed by atoms with Gasteiger partial charge in [0.05, 0.1) is 6.61 Å². The molecule has 0 N–H and O–H groups in total. The third-order valence-electron chi connectivity index (χ3n) is 5.22. The number of amides is 1. The van der Waals surface area contributed by atoms with E-state index < -0.39 is 5.60 Å². The van der Waals surface area contributed by atoms with Crippen LogP contribution in [-0.4, -0.2) is 59.5 Å². The van der Waals surface area contributed by atoms with Crippen LogP contribution >= 0.6 is 0 Å². The Labute approximate surface area is 138 Å². The number of ether oxygens (including phenoxy) is 1. The molecule has 126 valence electrons. The minimum absolute atomic E-state index is 0.103. The summed E-state index contributed by atoms with van der Waals surface area (Å²) in [6.07, 6.45) is 5.91. The third kappa shape index (κ3) is 3.56. The Morgan fingerprint density at radius 2 is 2.04 bits per heavy atom. The van der Waals surface area contributed by atoms with Crippen LogP contribution in [0.25, 0.3) is 0 Å². The van der Waals surface area contributed by atoms with E-state index in [0.29, 0.717) is 12.0 Å². The van der Waals surface area contributed by atoms with E-state index in [2.05, 4.69) is 16.9 Å². The fourth-order valence-corrected chi connectivity index (χ4v) is 3.51. The lowest BCUT2D eigenvalue weighted by molar-refractivity contribution is -0.170. The summed E-state index contributed by atoms with van der Waals surface area (Å²) < 4.78 is 5.89. The number of pyridine rings is 1. The fourth-order valence-electron chi connectivity index (χ4n) is 3.51. The Morgan fingerprint density at radius 1 is 1.35 bits per heavy atom. The quantitative estimate of drug-likeness (QED) is 0.851. The van der Waals surface area contributed by atoms with E-state index >= 15 is 0 Å². The predicted molar refractivity (Wildman–Crippen MR) is 88.8 cm³/mol. The van der Waals surface area contributed by atoms with Gasteiger partial charge in [0.2, 0.25) is 0 Å². The Balaban J connectivity index is 1.51. The zero-order chi connectivity index (χ0) is 16.5. The van der Waals surface area contributed by atoms with E-state index in [0.717, 1.165) is 31.7 Å². The topological polar surface area (TPSA) is 45.7 Å². The standard InChI is InChI=1S/C18H27N3O2/c1-17(2,23-12-15-5-4-8-19-11-15)16(22)21-13-18(14-21)6-9-20(3)10-7-18/h4-5,8,11H,6-7,9-10,12-14H2,1-3H3. The first-order chi connectivity index (χ1) is 10.9. The van der Waals surface area contributed by atoms with Gasteiger partial charge in [-0.1, -0.05) is 6.07 Å². The average molecular weight is 317 g/mol. The Hall–Kier alpha value is -1.46. The zero-order valence-electron chi connectivity index (χ0n) is 14.4. The zero-order valence-corrected chi connectivity index (χ0v) is 14.4. The SMILES string of the molecule is CN1CCC2(CC1)CN(C(=O)C(C)(C)OCc1cccnc1)C2. The van der Waals surface area contributed by atoms with Crippen LogP contribution in [0.4, 0.5) is 0 Å². The molecule has 3 heterocycles. The van der Waals surface area contributed by atoms with Gasteiger partial charge in [-0.15, -0.1) is 0 Å². The molecular formula is C18H27N3O2. The van der Waals surface area contributed by atoms with Gasteiger partial charge in [-0.05, 0) is 58.5 Å². The summed E-state index contributed by atoms with van der Waals surface area (Å²) in [6, 6.07) is 3.84. The molecule has 23 heavy (non-hydrogen) atoms. The molecule has 1 aromatic heterocycles. The first kappa shape index (κ1) is 16.4. The highest BCUT2D eigenvalue weighted by molar-refractivity contribution is 5.85. The van der Waals surface area contributed by atoms with Gasteiger partial charge < -0.3 is 14.5 Å². The lowest BCUT2D eigenvalue weighted by atomic mass is 9.71. The van der Waals surface area contributed by atoms with Gasteiger partial charge in [-0.2, -0.15) is 0 Å². The summed E-state index contributed by atoms with van der Waals surface area (Å²) in [7, 11) is 2.17. The normalized spacial score (nSPS) is 21.3. The fraction of sp³-hybridized carbons (Fsp3) is 0.667. The van der Waals surface area contributed by atoms with E-state index in [9.17, 15) is 4.79 Å². The van der Waals surface area contributed by atoms with Crippen molar-refractivity contribution in [1.82, 2.24) is 14.8 Å². The van der Waals surface area contributed by atoms with E-state index in [1.54, 1.807) is 12.4 Å². The molecule has 2 aliphatic heterocycles. The molecule has 1 spiro atoms. The molecule has 0 radical (unpaired) electrons. The van der Waals surface area contributed by atoms with Crippen molar-refractivity contribution in [3.63, 3.8) is 0 Å². The highest BCUT2D eigenvalue weighted by Crippen LogP contribution is 2.41. The number of carbonyl (C=O) groups excluding carboxylic acids is 1. The molecule has 0 atom stereocenters. The van der Waals surface area contributed by atoms with Crippen LogP contribution in [0.15, 0.2) is 24.5 Å². The van der Waals surface area contributed by atoms with E-state index in [4.69, 9.17) is 4.74 Å². The van der Waals surface area contributed by atoms with Crippen molar-refractivity contribution in [2.75, 3.05) is 33.2 Å². The second-order valence-corrected chi connectivity index (χ2v) is 7.62. The number of rotatable bonds is 4. The highest BCUT2D eigenvalue weighted by atomic mass is 16.5. The van der Waals surface area contributed by atoms with Crippen molar-refractivity contribution in [2.24, 2.45) is 5.41 Å². The molecule has 0 aliphatic carbocycles. The number of hydrogen-bond acceptors (Lipinski definition) is 4. The summed E-state index contributed by atoms with van der Waals surface area (Å²) in [5.41, 5.74) is 0.564. The molecule has 3 rings (SSSR count). The maximum atomic E-state index is 12.7. The van der Waals surface area contributed by atoms with Crippen LogP contribution in [0.5, 0.6) is 0 Å². The van der Waals surface area contributed by atoms with Gasteiger partial charge in [0.15, 0.2) is 0 Å². The van der Waals surface area contributed by atoms with Gasteiger partial charge >= 0.3 is 0 Å². The van der Waals surface area contributed by atoms with Crippen LogP contribution in [0.3, 0.4) is 0 Å². The van der Waals surface area contributed by atoms with E-state index in [1.807, 2.05) is 30.9 Å². The molecule has 2 saturated heterocycles. The van der Waals surface area contributed by atoms with E-state index in [1.165, 1.54) is 12.8 Å². The molecule has 0 saturated carbocycles. The second-order valence-electron chi connectivity index (χ2n) is 7.62. The second kappa shape index (κ2) is 6.21. The first-order valence-electron chi connectivity index (χ1n) is 8.41. The van der Waals surface area contributed by atoms with Crippen molar-refractivity contribution >= 4 is 5.91 Å². The lowest BCUT2D eigenvalue weighted by Crippen LogP contribution is -2.64. The summed E-state index contributed by atoms with van der Waals surface area (Å²) in [5, 5.41) is 0. The predicted octanol–water partition coefficient (Wildman–Crippen LogP) is 1.93. The number of nitrogens with zero attached hydrogens (tertiary/aromatic N) is 3. The molecule has 1 amide bonds. The average Bonchev–Trinajstić information content (AvgIpc) is 2.52.